The Hall–Kier alpha value is -4.30. The van der Waals surface area contributed by atoms with Crippen molar-refractivity contribution in [3.63, 3.8) is 0 Å². The Labute approximate surface area is 347 Å². The Kier molecular flexibility index (Phi) is 6.93. The van der Waals surface area contributed by atoms with E-state index in [1.165, 1.54) is 113 Å². The van der Waals surface area contributed by atoms with Crippen LogP contribution in [0.5, 0.6) is 11.5 Å². The Morgan fingerprint density at radius 2 is 1.12 bits per heavy atom. The summed E-state index contributed by atoms with van der Waals surface area (Å²) in [6.45, 7) is 19.9. The molecule has 6 atom stereocenters. The third-order valence-corrected chi connectivity index (χ3v) is 18.0. The summed E-state index contributed by atoms with van der Waals surface area (Å²) in [5.41, 5.74) is 16.4. The van der Waals surface area contributed by atoms with Crippen LogP contribution in [-0.2, 0) is 27.1 Å². The third-order valence-electron chi connectivity index (χ3n) is 18.0. The molecule has 296 valence electrons. The van der Waals surface area contributed by atoms with Crippen molar-refractivity contribution in [3.05, 3.63) is 137 Å². The molecule has 0 saturated heterocycles. The van der Waals surface area contributed by atoms with E-state index in [1.54, 1.807) is 0 Å². The first-order valence-corrected chi connectivity index (χ1v) is 22.8. The van der Waals surface area contributed by atoms with E-state index in [-0.39, 0.29) is 27.1 Å². The van der Waals surface area contributed by atoms with Crippen molar-refractivity contribution in [1.82, 2.24) is 0 Å². The lowest BCUT2D eigenvalue weighted by Gasteiger charge is -2.77. The topological polar surface area (TPSA) is 12.5 Å². The minimum absolute atomic E-state index is 0.0375. The minimum Gasteiger partial charge on any atom is -0.457 e. The van der Waals surface area contributed by atoms with Gasteiger partial charge in [0.05, 0.1) is 11.4 Å². The average molecular weight is 764 g/mol. The molecule has 2 nitrogen and oxygen atoms in total. The number of fused-ring (bicyclic) bond motifs is 9. The fourth-order valence-electron chi connectivity index (χ4n) is 15.4. The molecule has 5 aromatic rings. The first kappa shape index (κ1) is 35.6. The monoisotopic (exact) mass is 763 g/mol. The molecule has 2 bridgehead atoms. The third kappa shape index (κ3) is 4.30. The van der Waals surface area contributed by atoms with Gasteiger partial charge >= 0.3 is 0 Å². The lowest BCUT2D eigenvalue weighted by Crippen LogP contribution is -2.74. The summed E-state index contributed by atoms with van der Waals surface area (Å²) in [4.78, 5) is 2.75. The molecule has 1 aliphatic heterocycles. The molecule has 2 heteroatoms. The lowest BCUT2D eigenvalue weighted by molar-refractivity contribution is -0.234. The van der Waals surface area contributed by atoms with Gasteiger partial charge in [-0.05, 0) is 172 Å². The van der Waals surface area contributed by atoms with Crippen LogP contribution in [0.15, 0.2) is 103 Å². The summed E-state index contributed by atoms with van der Waals surface area (Å²) >= 11 is 0. The van der Waals surface area contributed by atoms with Crippen LogP contribution in [0.1, 0.15) is 140 Å². The quantitative estimate of drug-likeness (QED) is 0.181. The first-order chi connectivity index (χ1) is 27.7. The van der Waals surface area contributed by atoms with E-state index >= 15 is 0 Å². The zero-order valence-corrected chi connectivity index (χ0v) is 36.1. The number of rotatable bonds is 4. The van der Waals surface area contributed by atoms with Crippen molar-refractivity contribution in [3.8, 4) is 22.6 Å². The van der Waals surface area contributed by atoms with Crippen LogP contribution in [0, 0.1) is 29.1 Å². The van der Waals surface area contributed by atoms with Crippen molar-refractivity contribution < 1.29 is 4.74 Å². The molecule has 1 heterocycles. The maximum absolute atomic E-state index is 7.19. The Balaban J connectivity index is 1.15. The van der Waals surface area contributed by atoms with Gasteiger partial charge in [-0.15, -0.1) is 0 Å². The van der Waals surface area contributed by atoms with Crippen LogP contribution in [-0.4, -0.2) is 0 Å². The van der Waals surface area contributed by atoms with E-state index in [9.17, 15) is 0 Å². The zero-order chi connectivity index (χ0) is 39.8. The van der Waals surface area contributed by atoms with Crippen molar-refractivity contribution in [2.75, 3.05) is 4.90 Å². The van der Waals surface area contributed by atoms with Crippen LogP contribution in [0.2, 0.25) is 0 Å². The summed E-state index contributed by atoms with van der Waals surface area (Å²) in [5, 5.41) is 0. The number of benzene rings is 5. The first-order valence-electron chi connectivity index (χ1n) is 22.8. The van der Waals surface area contributed by atoms with Gasteiger partial charge in [0, 0.05) is 22.2 Å². The van der Waals surface area contributed by atoms with Crippen LogP contribution in [0.25, 0.3) is 11.1 Å². The molecular weight excluding hydrogens is 703 g/mol. The van der Waals surface area contributed by atoms with Gasteiger partial charge in [-0.1, -0.05) is 122 Å². The van der Waals surface area contributed by atoms with Crippen molar-refractivity contribution in [2.45, 2.75) is 134 Å². The predicted molar refractivity (Wildman–Crippen MR) is 239 cm³/mol. The molecule has 7 aliphatic rings. The molecule has 4 fully saturated rings. The summed E-state index contributed by atoms with van der Waals surface area (Å²) in [6, 6.07) is 40.1. The van der Waals surface area contributed by atoms with E-state index in [2.05, 4.69) is 163 Å². The molecular formula is C56H61NO. The summed E-state index contributed by atoms with van der Waals surface area (Å²) in [7, 11) is 0. The molecule has 0 aromatic heterocycles. The number of ether oxygens (including phenoxy) is 1. The van der Waals surface area contributed by atoms with E-state index in [4.69, 9.17) is 4.74 Å². The molecule has 4 saturated carbocycles. The van der Waals surface area contributed by atoms with Crippen molar-refractivity contribution in [1.29, 1.82) is 0 Å². The number of anilines is 3. The second kappa shape index (κ2) is 11.3. The maximum Gasteiger partial charge on any atom is 0.132 e. The normalized spacial score (nSPS) is 31.4. The fraction of sp³-hybridized carbons (Fsp3) is 0.464. The highest BCUT2D eigenvalue weighted by Crippen LogP contribution is 2.89. The van der Waals surface area contributed by atoms with Gasteiger partial charge in [0.2, 0.25) is 0 Å². The van der Waals surface area contributed by atoms with Crippen LogP contribution in [0.4, 0.5) is 17.1 Å². The van der Waals surface area contributed by atoms with E-state index in [0.29, 0.717) is 17.3 Å². The van der Waals surface area contributed by atoms with Gasteiger partial charge in [0.25, 0.3) is 0 Å². The molecule has 0 radical (unpaired) electrons. The average Bonchev–Trinajstić information content (AvgIpc) is 3.74. The second-order valence-corrected chi connectivity index (χ2v) is 22.7. The highest BCUT2D eigenvalue weighted by atomic mass is 16.5. The number of hydrogen-bond acceptors (Lipinski definition) is 2. The smallest absolute Gasteiger partial charge is 0.132 e. The van der Waals surface area contributed by atoms with E-state index < -0.39 is 0 Å². The second-order valence-electron chi connectivity index (χ2n) is 22.7. The van der Waals surface area contributed by atoms with E-state index in [0.717, 1.165) is 23.3 Å². The Morgan fingerprint density at radius 3 is 1.76 bits per heavy atom. The molecule has 2 spiro atoms. The van der Waals surface area contributed by atoms with Crippen LogP contribution < -0.4 is 9.64 Å². The summed E-state index contributed by atoms with van der Waals surface area (Å²) in [6.07, 6.45) is 10.4. The Bertz CT molecular complexity index is 2480. The molecule has 12 rings (SSSR count). The fourth-order valence-corrected chi connectivity index (χ4v) is 15.4. The van der Waals surface area contributed by atoms with Crippen LogP contribution in [0.3, 0.4) is 0 Å². The molecule has 5 aromatic carbocycles. The number of hydrogen-bond donors (Lipinski definition) is 0. The predicted octanol–water partition coefficient (Wildman–Crippen LogP) is 15.0. The molecule has 6 unspecified atom stereocenters. The largest absolute Gasteiger partial charge is 0.457 e. The minimum atomic E-state index is -0.0581. The van der Waals surface area contributed by atoms with Crippen molar-refractivity contribution in [2.24, 2.45) is 29.1 Å². The highest BCUT2D eigenvalue weighted by molar-refractivity contribution is 5.86. The van der Waals surface area contributed by atoms with Gasteiger partial charge in [0.15, 0.2) is 0 Å². The molecule has 6 aliphatic carbocycles. The maximum atomic E-state index is 7.19. The molecule has 0 amide bonds. The van der Waals surface area contributed by atoms with Gasteiger partial charge in [0.1, 0.15) is 11.5 Å². The van der Waals surface area contributed by atoms with Gasteiger partial charge in [-0.3, -0.25) is 0 Å². The Morgan fingerprint density at radius 1 is 0.517 bits per heavy atom. The lowest BCUT2D eigenvalue weighted by atomic mass is 9.26. The van der Waals surface area contributed by atoms with Crippen LogP contribution >= 0.6 is 0 Å². The van der Waals surface area contributed by atoms with Gasteiger partial charge < -0.3 is 9.64 Å². The zero-order valence-electron chi connectivity index (χ0n) is 36.1. The van der Waals surface area contributed by atoms with Gasteiger partial charge in [-0.2, -0.15) is 0 Å². The van der Waals surface area contributed by atoms with E-state index in [1.807, 2.05) is 0 Å². The molecule has 0 N–H and O–H groups in total. The summed E-state index contributed by atoms with van der Waals surface area (Å²) < 4.78 is 7.19. The SMILES string of the molecule is CC1(C)CCC(C)(C)c2c(N(c3ccc4c(c3)C3(c5c(cccc5-c5ccccc5)O4)C4CC5CC6CC3C64C5)c3cccc4c3C(C)(C)CCC4(C)C)cccc21. The summed E-state index contributed by atoms with van der Waals surface area (Å²) in [5.74, 6) is 5.27. The van der Waals surface area contributed by atoms with Crippen molar-refractivity contribution >= 4 is 17.1 Å². The van der Waals surface area contributed by atoms with Gasteiger partial charge in [-0.25, -0.2) is 0 Å². The highest BCUT2D eigenvalue weighted by Gasteiger charge is 2.84. The molecule has 58 heavy (non-hydrogen) atoms. The number of nitrogens with zero attached hydrogens (tertiary/aromatic N) is 1. The standard InChI is InChI=1S/C56H61NO/c1-51(2)25-27-53(5,6)49-39(51)18-13-20-42(49)57(43-21-14-19-40-50(43)54(7,8)28-26-52(40,3)4)37-23-24-44-41(32-37)56(46-30-34-29-36-31-47(56)55(36,46)33-34)48-38(17-12-22-45(48)58-44)35-15-10-9-11-16-35/h9-24,32,34,36,46-47H,25-31,33H2,1-8H3.